The highest BCUT2D eigenvalue weighted by Gasteiger charge is 2.21. The van der Waals surface area contributed by atoms with Crippen LogP contribution in [0.15, 0.2) is 47.4 Å². The van der Waals surface area contributed by atoms with Crippen LogP contribution in [0.1, 0.15) is 31.9 Å². The Hall–Kier alpha value is -2.34. The molecule has 0 N–H and O–H groups in total. The number of rotatable bonds is 1. The van der Waals surface area contributed by atoms with Crippen LogP contribution in [0.5, 0.6) is 0 Å². The summed E-state index contributed by atoms with van der Waals surface area (Å²) in [6.07, 6.45) is 1.72. The van der Waals surface area contributed by atoms with Gasteiger partial charge in [0.15, 0.2) is 0 Å². The standard InChI is InChI=1S/C25H20N2S3/c1-13-11-29-19-10-20-17(9-16(13)19)21-22(26-12-27-24(21)30-20)15-7-14-5-6-28-23(14)18(8-15)25(2,3)4/h5-12H,1-4H3. The first-order chi connectivity index (χ1) is 14.4. The molecule has 0 radical (unpaired) electrons. The van der Waals surface area contributed by atoms with E-state index in [-0.39, 0.29) is 5.41 Å². The molecule has 0 aliphatic heterocycles. The van der Waals surface area contributed by atoms with E-state index in [2.05, 4.69) is 73.8 Å². The summed E-state index contributed by atoms with van der Waals surface area (Å²) >= 11 is 5.41. The predicted octanol–water partition coefficient (Wildman–Crippen LogP) is 8.55. The summed E-state index contributed by atoms with van der Waals surface area (Å²) in [4.78, 5) is 10.5. The van der Waals surface area contributed by atoms with E-state index in [1.54, 1.807) is 17.7 Å². The van der Waals surface area contributed by atoms with E-state index >= 15 is 0 Å². The smallest absolute Gasteiger partial charge is 0.128 e. The van der Waals surface area contributed by atoms with Crippen LogP contribution < -0.4 is 0 Å². The van der Waals surface area contributed by atoms with Crippen LogP contribution in [-0.2, 0) is 5.41 Å². The first-order valence-electron chi connectivity index (χ1n) is 9.97. The normalized spacial score (nSPS) is 12.7. The number of benzene rings is 2. The fourth-order valence-electron chi connectivity index (χ4n) is 4.25. The van der Waals surface area contributed by atoms with Crippen molar-refractivity contribution in [3.63, 3.8) is 0 Å². The summed E-state index contributed by atoms with van der Waals surface area (Å²) in [6.45, 7) is 9.06. The molecular formula is C25H20N2S3. The highest BCUT2D eigenvalue weighted by molar-refractivity contribution is 7.26. The molecule has 5 heteroatoms. The summed E-state index contributed by atoms with van der Waals surface area (Å²) in [6, 6.07) is 11.5. The van der Waals surface area contributed by atoms with Gasteiger partial charge < -0.3 is 0 Å². The predicted molar refractivity (Wildman–Crippen MR) is 135 cm³/mol. The van der Waals surface area contributed by atoms with Crippen LogP contribution in [0.3, 0.4) is 0 Å². The van der Waals surface area contributed by atoms with Gasteiger partial charge in [-0.15, -0.1) is 34.0 Å². The molecule has 30 heavy (non-hydrogen) atoms. The van der Waals surface area contributed by atoms with Crippen molar-refractivity contribution >= 4 is 74.5 Å². The van der Waals surface area contributed by atoms with Gasteiger partial charge in [0.05, 0.1) is 5.69 Å². The van der Waals surface area contributed by atoms with Gasteiger partial charge in [-0.1, -0.05) is 20.8 Å². The molecule has 0 atom stereocenters. The van der Waals surface area contributed by atoms with Gasteiger partial charge in [-0.25, -0.2) is 9.97 Å². The minimum absolute atomic E-state index is 0.0714. The largest absolute Gasteiger partial charge is 0.236 e. The Bertz CT molecular complexity index is 1590. The van der Waals surface area contributed by atoms with Gasteiger partial charge in [-0.3, -0.25) is 0 Å². The Morgan fingerprint density at radius 1 is 0.900 bits per heavy atom. The third-order valence-corrected chi connectivity index (χ3v) is 8.88. The molecule has 6 aromatic rings. The molecule has 4 heterocycles. The van der Waals surface area contributed by atoms with Gasteiger partial charge in [-0.05, 0) is 75.3 Å². The molecule has 0 saturated carbocycles. The van der Waals surface area contributed by atoms with Gasteiger partial charge in [0, 0.05) is 30.4 Å². The van der Waals surface area contributed by atoms with Gasteiger partial charge >= 0.3 is 0 Å². The number of hydrogen-bond donors (Lipinski definition) is 0. The molecule has 4 aromatic heterocycles. The average Bonchev–Trinajstić information content (AvgIpc) is 3.41. The summed E-state index contributed by atoms with van der Waals surface area (Å²) < 4.78 is 4.01. The fourth-order valence-corrected chi connectivity index (χ4v) is 7.46. The number of aromatic nitrogens is 2. The molecule has 0 aliphatic carbocycles. The molecule has 6 rings (SSSR count). The second-order valence-corrected chi connectivity index (χ2v) is 11.7. The minimum atomic E-state index is 0.0714. The van der Waals surface area contributed by atoms with E-state index in [9.17, 15) is 0 Å². The monoisotopic (exact) mass is 444 g/mol. The summed E-state index contributed by atoms with van der Waals surface area (Å²) in [7, 11) is 0. The molecule has 0 unspecified atom stereocenters. The number of fused-ring (bicyclic) bond motifs is 5. The zero-order valence-corrected chi connectivity index (χ0v) is 19.7. The zero-order chi connectivity index (χ0) is 20.6. The lowest BCUT2D eigenvalue weighted by Gasteiger charge is -2.21. The fraction of sp³-hybridized carbons (Fsp3) is 0.200. The molecule has 0 aliphatic rings. The Balaban J connectivity index is 1.72. The number of nitrogens with zero attached hydrogens (tertiary/aromatic N) is 2. The lowest BCUT2D eigenvalue weighted by molar-refractivity contribution is 0.597. The van der Waals surface area contributed by atoms with Gasteiger partial charge in [-0.2, -0.15) is 0 Å². The Morgan fingerprint density at radius 2 is 1.77 bits per heavy atom. The van der Waals surface area contributed by atoms with Crippen molar-refractivity contribution in [2.75, 3.05) is 0 Å². The van der Waals surface area contributed by atoms with Crippen molar-refractivity contribution < 1.29 is 0 Å². The minimum Gasteiger partial charge on any atom is -0.236 e. The maximum atomic E-state index is 4.81. The first kappa shape index (κ1) is 18.4. The molecule has 2 nitrogen and oxygen atoms in total. The van der Waals surface area contributed by atoms with E-state index in [0.29, 0.717) is 0 Å². The van der Waals surface area contributed by atoms with Crippen molar-refractivity contribution in [2.45, 2.75) is 33.1 Å². The topological polar surface area (TPSA) is 25.8 Å². The summed E-state index contributed by atoms with van der Waals surface area (Å²) in [5.74, 6) is 0. The molecular weight excluding hydrogens is 424 g/mol. The van der Waals surface area contributed by atoms with E-state index in [1.165, 1.54) is 52.3 Å². The van der Waals surface area contributed by atoms with E-state index < -0.39 is 0 Å². The van der Waals surface area contributed by atoms with Crippen molar-refractivity contribution in [2.24, 2.45) is 0 Å². The third-order valence-electron chi connectivity index (χ3n) is 5.79. The van der Waals surface area contributed by atoms with E-state index in [0.717, 1.165) is 10.5 Å². The molecule has 0 bridgehead atoms. The van der Waals surface area contributed by atoms with Crippen LogP contribution in [0.25, 0.3) is 51.7 Å². The highest BCUT2D eigenvalue weighted by Crippen LogP contribution is 2.43. The summed E-state index contributed by atoms with van der Waals surface area (Å²) in [5.41, 5.74) is 5.01. The first-order valence-corrected chi connectivity index (χ1v) is 12.5. The quantitative estimate of drug-likeness (QED) is 0.254. The number of hydrogen-bond acceptors (Lipinski definition) is 5. The van der Waals surface area contributed by atoms with Crippen LogP contribution in [0, 0.1) is 6.92 Å². The van der Waals surface area contributed by atoms with Crippen LogP contribution >= 0.6 is 34.0 Å². The number of thiophene rings is 3. The maximum absolute atomic E-state index is 4.81. The Morgan fingerprint density at radius 3 is 2.60 bits per heavy atom. The van der Waals surface area contributed by atoms with Gasteiger partial charge in [0.25, 0.3) is 0 Å². The molecule has 0 saturated heterocycles. The Labute approximate surface area is 186 Å². The Kier molecular flexibility index (Phi) is 3.89. The van der Waals surface area contributed by atoms with Gasteiger partial charge in [0.2, 0.25) is 0 Å². The second-order valence-electron chi connectivity index (χ2n) is 8.88. The van der Waals surface area contributed by atoms with Crippen molar-refractivity contribution in [3.05, 3.63) is 58.5 Å². The van der Waals surface area contributed by atoms with Crippen molar-refractivity contribution in [1.29, 1.82) is 0 Å². The van der Waals surface area contributed by atoms with Crippen molar-refractivity contribution in [1.82, 2.24) is 9.97 Å². The zero-order valence-electron chi connectivity index (χ0n) is 17.2. The second kappa shape index (κ2) is 6.33. The maximum Gasteiger partial charge on any atom is 0.128 e. The lowest BCUT2D eigenvalue weighted by atomic mass is 9.85. The lowest BCUT2D eigenvalue weighted by Crippen LogP contribution is -2.11. The van der Waals surface area contributed by atoms with E-state index in [4.69, 9.17) is 4.98 Å². The van der Waals surface area contributed by atoms with Gasteiger partial charge in [0.1, 0.15) is 11.2 Å². The number of aryl methyl sites for hydroxylation is 1. The van der Waals surface area contributed by atoms with Crippen LogP contribution in [-0.4, -0.2) is 9.97 Å². The van der Waals surface area contributed by atoms with Crippen LogP contribution in [0.2, 0.25) is 0 Å². The van der Waals surface area contributed by atoms with Crippen molar-refractivity contribution in [3.8, 4) is 11.3 Å². The third kappa shape index (κ3) is 2.66. The molecule has 0 spiro atoms. The summed E-state index contributed by atoms with van der Waals surface area (Å²) in [5, 5.41) is 9.51. The molecule has 0 fully saturated rings. The molecule has 2 aromatic carbocycles. The average molecular weight is 445 g/mol. The molecule has 148 valence electrons. The highest BCUT2D eigenvalue weighted by atomic mass is 32.1. The SMILES string of the molecule is Cc1csc2cc3sc4ncnc(-c5cc(C(C)(C)C)c6sccc6c5)c4c3cc12. The molecule has 0 amide bonds. The van der Waals surface area contributed by atoms with Crippen LogP contribution in [0.4, 0.5) is 0 Å². The van der Waals surface area contributed by atoms with E-state index in [1.807, 2.05) is 22.7 Å².